The van der Waals surface area contributed by atoms with Gasteiger partial charge in [0.2, 0.25) is 0 Å². The van der Waals surface area contributed by atoms with E-state index in [1.165, 1.54) is 28.0 Å². The SMILES string of the molecule is Cc1csc(NC(=O)c2ccc(=O)n(Cc3ccc(Cl)cc3)c2)n1. The van der Waals surface area contributed by atoms with E-state index in [1.807, 2.05) is 24.4 Å². The summed E-state index contributed by atoms with van der Waals surface area (Å²) < 4.78 is 1.49. The number of anilines is 1. The quantitative estimate of drug-likeness (QED) is 0.774. The fourth-order valence-corrected chi connectivity index (χ4v) is 2.97. The topological polar surface area (TPSA) is 64.0 Å². The van der Waals surface area contributed by atoms with Crippen LogP contribution in [0, 0.1) is 6.92 Å². The van der Waals surface area contributed by atoms with E-state index in [0.717, 1.165) is 11.3 Å². The van der Waals surface area contributed by atoms with Gasteiger partial charge in [0.1, 0.15) is 0 Å². The summed E-state index contributed by atoms with van der Waals surface area (Å²) in [6.07, 6.45) is 1.55. The van der Waals surface area contributed by atoms with Gasteiger partial charge in [-0.05, 0) is 30.7 Å². The molecule has 0 bridgehead atoms. The first-order valence-corrected chi connectivity index (χ1v) is 8.45. The first-order valence-electron chi connectivity index (χ1n) is 7.20. The normalized spacial score (nSPS) is 10.6. The molecule has 1 amide bonds. The van der Waals surface area contributed by atoms with Crippen LogP contribution in [-0.2, 0) is 6.54 Å². The molecule has 1 N–H and O–H groups in total. The van der Waals surface area contributed by atoms with Crippen molar-refractivity contribution in [2.75, 3.05) is 5.32 Å². The van der Waals surface area contributed by atoms with Crippen LogP contribution in [0.5, 0.6) is 0 Å². The van der Waals surface area contributed by atoms with E-state index in [1.54, 1.807) is 18.3 Å². The number of aromatic nitrogens is 2. The van der Waals surface area contributed by atoms with E-state index >= 15 is 0 Å². The summed E-state index contributed by atoms with van der Waals surface area (Å²) in [5, 5.41) is 5.76. The molecule has 0 spiro atoms. The Kier molecular flexibility index (Phi) is 4.78. The highest BCUT2D eigenvalue weighted by Gasteiger charge is 2.10. The number of thiazole rings is 1. The van der Waals surface area contributed by atoms with E-state index in [2.05, 4.69) is 10.3 Å². The van der Waals surface area contributed by atoms with Gasteiger partial charge in [-0.2, -0.15) is 0 Å². The molecule has 0 aliphatic rings. The van der Waals surface area contributed by atoms with Gasteiger partial charge in [0, 0.05) is 22.7 Å². The number of halogens is 1. The second-order valence-electron chi connectivity index (χ2n) is 5.26. The molecule has 5 nitrogen and oxygen atoms in total. The maximum absolute atomic E-state index is 12.3. The van der Waals surface area contributed by atoms with E-state index in [9.17, 15) is 9.59 Å². The van der Waals surface area contributed by atoms with Crippen molar-refractivity contribution >= 4 is 34.0 Å². The molecule has 7 heteroatoms. The lowest BCUT2D eigenvalue weighted by Gasteiger charge is -2.08. The second kappa shape index (κ2) is 6.98. The van der Waals surface area contributed by atoms with Crippen LogP contribution >= 0.6 is 22.9 Å². The first-order chi connectivity index (χ1) is 11.5. The van der Waals surface area contributed by atoms with E-state index in [-0.39, 0.29) is 11.5 Å². The molecular weight excluding hydrogens is 346 g/mol. The van der Waals surface area contributed by atoms with E-state index < -0.39 is 0 Å². The Morgan fingerprint density at radius 2 is 2.00 bits per heavy atom. The van der Waals surface area contributed by atoms with Gasteiger partial charge in [-0.15, -0.1) is 11.3 Å². The summed E-state index contributed by atoms with van der Waals surface area (Å²) in [7, 11) is 0. The number of pyridine rings is 1. The number of nitrogens with zero attached hydrogens (tertiary/aromatic N) is 2. The average Bonchev–Trinajstić information content (AvgIpc) is 2.96. The molecule has 3 aromatic rings. The van der Waals surface area contributed by atoms with Crippen molar-refractivity contribution in [3.05, 3.63) is 80.2 Å². The summed E-state index contributed by atoms with van der Waals surface area (Å²) in [6.45, 7) is 2.23. The molecular formula is C17H14ClN3O2S. The Morgan fingerprint density at radius 3 is 2.67 bits per heavy atom. The van der Waals surface area contributed by atoms with Crippen LogP contribution in [0.3, 0.4) is 0 Å². The Balaban J connectivity index is 1.81. The van der Waals surface area contributed by atoms with Gasteiger partial charge in [-0.25, -0.2) is 4.98 Å². The molecule has 0 radical (unpaired) electrons. The predicted octanol–water partition coefficient (Wildman–Crippen LogP) is 3.57. The monoisotopic (exact) mass is 359 g/mol. The van der Waals surface area contributed by atoms with Gasteiger partial charge in [0.05, 0.1) is 17.8 Å². The summed E-state index contributed by atoms with van der Waals surface area (Å²) in [5.74, 6) is -0.297. The molecule has 0 saturated carbocycles. The molecule has 3 rings (SSSR count). The number of benzene rings is 1. The van der Waals surface area contributed by atoms with Crippen LogP contribution < -0.4 is 10.9 Å². The van der Waals surface area contributed by atoms with Gasteiger partial charge in [-0.3, -0.25) is 14.9 Å². The number of aryl methyl sites for hydroxylation is 1. The molecule has 24 heavy (non-hydrogen) atoms. The molecule has 0 fully saturated rings. The van der Waals surface area contributed by atoms with Gasteiger partial charge in [0.25, 0.3) is 11.5 Å². The molecule has 0 unspecified atom stereocenters. The zero-order chi connectivity index (χ0) is 17.1. The van der Waals surface area contributed by atoms with Crippen molar-refractivity contribution in [1.82, 2.24) is 9.55 Å². The molecule has 0 atom stereocenters. The van der Waals surface area contributed by atoms with Crippen LogP contribution in [0.1, 0.15) is 21.6 Å². The minimum absolute atomic E-state index is 0.174. The third kappa shape index (κ3) is 3.90. The molecule has 2 aromatic heterocycles. The molecule has 0 aliphatic carbocycles. The molecule has 2 heterocycles. The van der Waals surface area contributed by atoms with E-state index in [0.29, 0.717) is 22.3 Å². The van der Waals surface area contributed by atoms with Crippen molar-refractivity contribution in [1.29, 1.82) is 0 Å². The zero-order valence-corrected chi connectivity index (χ0v) is 14.4. The van der Waals surface area contributed by atoms with E-state index in [4.69, 9.17) is 11.6 Å². The maximum Gasteiger partial charge on any atom is 0.258 e. The number of amides is 1. The van der Waals surface area contributed by atoms with Crippen molar-refractivity contribution < 1.29 is 4.79 Å². The van der Waals surface area contributed by atoms with Crippen LogP contribution in [0.25, 0.3) is 0 Å². The highest BCUT2D eigenvalue weighted by Crippen LogP contribution is 2.15. The van der Waals surface area contributed by atoms with Crippen LogP contribution in [0.15, 0.2) is 52.8 Å². The molecule has 0 saturated heterocycles. The van der Waals surface area contributed by atoms with Gasteiger partial charge >= 0.3 is 0 Å². The maximum atomic E-state index is 12.3. The van der Waals surface area contributed by atoms with Crippen LogP contribution in [0.4, 0.5) is 5.13 Å². The number of carbonyl (C=O) groups is 1. The van der Waals surface area contributed by atoms with Crippen molar-refractivity contribution in [3.8, 4) is 0 Å². The highest BCUT2D eigenvalue weighted by atomic mass is 35.5. The summed E-state index contributed by atoms with van der Waals surface area (Å²) in [4.78, 5) is 28.5. The van der Waals surface area contributed by atoms with Crippen molar-refractivity contribution in [3.63, 3.8) is 0 Å². The predicted molar refractivity (Wildman–Crippen MR) is 96.1 cm³/mol. The van der Waals surface area contributed by atoms with Crippen LogP contribution in [0.2, 0.25) is 5.02 Å². The lowest BCUT2D eigenvalue weighted by molar-refractivity contribution is 0.102. The fraction of sp³-hybridized carbons (Fsp3) is 0.118. The summed E-state index contributed by atoms with van der Waals surface area (Å²) in [6, 6.07) is 10.1. The molecule has 0 aliphatic heterocycles. The number of hydrogen-bond acceptors (Lipinski definition) is 4. The smallest absolute Gasteiger partial charge is 0.258 e. The van der Waals surface area contributed by atoms with Gasteiger partial charge < -0.3 is 4.57 Å². The summed E-state index contributed by atoms with van der Waals surface area (Å²) >= 11 is 7.22. The minimum atomic E-state index is -0.297. The highest BCUT2D eigenvalue weighted by molar-refractivity contribution is 7.13. The second-order valence-corrected chi connectivity index (χ2v) is 6.55. The van der Waals surface area contributed by atoms with Crippen molar-refractivity contribution in [2.24, 2.45) is 0 Å². The fourth-order valence-electron chi connectivity index (χ4n) is 2.16. The summed E-state index contributed by atoms with van der Waals surface area (Å²) in [5.41, 5.74) is 2.00. The number of hydrogen-bond donors (Lipinski definition) is 1. The number of nitrogens with one attached hydrogen (secondary N) is 1. The number of rotatable bonds is 4. The van der Waals surface area contributed by atoms with Gasteiger partial charge in [-0.1, -0.05) is 23.7 Å². The van der Waals surface area contributed by atoms with Gasteiger partial charge in [0.15, 0.2) is 5.13 Å². The third-order valence-corrected chi connectivity index (χ3v) is 4.48. The lowest BCUT2D eigenvalue weighted by Crippen LogP contribution is -2.22. The zero-order valence-electron chi connectivity index (χ0n) is 12.8. The largest absolute Gasteiger partial charge is 0.310 e. The lowest BCUT2D eigenvalue weighted by atomic mass is 10.2. The minimum Gasteiger partial charge on any atom is -0.310 e. The van der Waals surface area contributed by atoms with Crippen LogP contribution in [-0.4, -0.2) is 15.5 Å². The Labute approximate surface area is 147 Å². The third-order valence-electron chi connectivity index (χ3n) is 3.35. The first kappa shape index (κ1) is 16.4. The molecule has 1 aromatic carbocycles. The Bertz CT molecular complexity index is 932. The Hall–Kier alpha value is -2.44. The number of carbonyl (C=O) groups excluding carboxylic acids is 1. The Morgan fingerprint density at radius 1 is 1.25 bits per heavy atom. The van der Waals surface area contributed by atoms with Crippen molar-refractivity contribution in [2.45, 2.75) is 13.5 Å². The molecule has 122 valence electrons. The standard InChI is InChI=1S/C17H14ClN3O2S/c1-11-10-24-17(19-11)20-16(23)13-4-7-15(22)21(9-13)8-12-2-5-14(18)6-3-12/h2-7,9-10H,8H2,1H3,(H,19,20,23). The average molecular weight is 360 g/mol.